The summed E-state index contributed by atoms with van der Waals surface area (Å²) in [7, 11) is 0. The zero-order chi connectivity index (χ0) is 20.5. The molecular formula is C19H18F2N4O4. The summed E-state index contributed by atoms with van der Waals surface area (Å²) in [6, 6.07) is 8.04. The van der Waals surface area contributed by atoms with Gasteiger partial charge >= 0.3 is 11.8 Å². The van der Waals surface area contributed by atoms with Gasteiger partial charge in [0, 0.05) is 44.0 Å². The highest BCUT2D eigenvalue weighted by molar-refractivity contribution is 6.39. The highest BCUT2D eigenvalue weighted by Gasteiger charge is 2.28. The van der Waals surface area contributed by atoms with Gasteiger partial charge in [0.15, 0.2) is 0 Å². The van der Waals surface area contributed by atoms with E-state index in [1.807, 2.05) is 0 Å². The van der Waals surface area contributed by atoms with Crippen LogP contribution in [0.1, 0.15) is 0 Å². The number of carbonyl (C=O) groups is 2. The van der Waals surface area contributed by atoms with E-state index in [0.29, 0.717) is 30.2 Å². The van der Waals surface area contributed by atoms with Gasteiger partial charge in [0.05, 0.1) is 11.4 Å². The maximum atomic E-state index is 13.9. The third-order valence-corrected chi connectivity index (χ3v) is 4.77. The minimum atomic E-state index is -1.15. The molecule has 4 rings (SSSR count). The first-order chi connectivity index (χ1) is 13.9. The number of hydrogen-bond donors (Lipinski definition) is 3. The average molecular weight is 404 g/mol. The first kappa shape index (κ1) is 18.9. The van der Waals surface area contributed by atoms with Crippen LogP contribution >= 0.6 is 0 Å². The summed E-state index contributed by atoms with van der Waals surface area (Å²) in [4.78, 5) is 27.8. The predicted octanol–water partition coefficient (Wildman–Crippen LogP) is 1.33. The van der Waals surface area contributed by atoms with Crippen LogP contribution in [-0.4, -0.2) is 54.4 Å². The van der Waals surface area contributed by atoms with E-state index in [4.69, 9.17) is 4.74 Å². The Morgan fingerprint density at radius 1 is 1.10 bits per heavy atom. The molecule has 2 aromatic carbocycles. The molecule has 3 N–H and O–H groups in total. The van der Waals surface area contributed by atoms with Gasteiger partial charge in [-0.2, -0.15) is 0 Å². The monoisotopic (exact) mass is 404 g/mol. The molecule has 2 aromatic rings. The second-order valence-corrected chi connectivity index (χ2v) is 6.65. The van der Waals surface area contributed by atoms with Gasteiger partial charge in [-0.05, 0) is 24.3 Å². The number of amides is 2. The number of aliphatic hydroxyl groups is 1. The van der Waals surface area contributed by atoms with Crippen LogP contribution < -0.4 is 20.3 Å². The number of hydrogen-bond acceptors (Lipinski definition) is 6. The van der Waals surface area contributed by atoms with Gasteiger partial charge in [-0.3, -0.25) is 9.59 Å². The lowest BCUT2D eigenvalue weighted by Gasteiger charge is -2.35. The van der Waals surface area contributed by atoms with Gasteiger partial charge in [-0.25, -0.2) is 8.78 Å². The van der Waals surface area contributed by atoms with E-state index in [1.165, 1.54) is 23.1 Å². The topological polar surface area (TPSA) is 94.1 Å². The Morgan fingerprint density at radius 2 is 1.86 bits per heavy atom. The van der Waals surface area contributed by atoms with Crippen molar-refractivity contribution < 1.29 is 28.2 Å². The largest absolute Gasteiger partial charge is 0.445 e. The molecule has 0 aromatic heterocycles. The molecule has 1 unspecified atom stereocenters. The maximum Gasteiger partial charge on any atom is 0.313 e. The Kier molecular flexibility index (Phi) is 4.93. The number of halogens is 2. The highest BCUT2D eigenvalue weighted by Crippen LogP contribution is 2.33. The van der Waals surface area contributed by atoms with Gasteiger partial charge in [0.25, 0.3) is 6.41 Å². The molecule has 1 saturated heterocycles. The van der Waals surface area contributed by atoms with Crippen LogP contribution in [0.3, 0.4) is 0 Å². The fourth-order valence-corrected chi connectivity index (χ4v) is 3.32. The summed E-state index contributed by atoms with van der Waals surface area (Å²) in [6.07, 6.45) is -1.15. The van der Waals surface area contributed by atoms with Crippen LogP contribution in [0.25, 0.3) is 0 Å². The Bertz CT molecular complexity index is 963. The van der Waals surface area contributed by atoms with Crippen LogP contribution in [0.2, 0.25) is 0 Å². The fraction of sp³-hybridized carbons (Fsp3) is 0.263. The molecule has 2 heterocycles. The summed E-state index contributed by atoms with van der Waals surface area (Å²) < 4.78 is 32.1. The molecule has 2 aliphatic heterocycles. The summed E-state index contributed by atoms with van der Waals surface area (Å²) in [6.45, 7) is 1.09. The minimum Gasteiger partial charge on any atom is -0.445 e. The van der Waals surface area contributed by atoms with Gasteiger partial charge < -0.3 is 30.3 Å². The van der Waals surface area contributed by atoms with Gasteiger partial charge in [0.1, 0.15) is 17.4 Å². The molecule has 2 amide bonds. The van der Waals surface area contributed by atoms with E-state index in [0.717, 1.165) is 6.07 Å². The lowest BCUT2D eigenvalue weighted by atomic mass is 10.2. The van der Waals surface area contributed by atoms with Crippen molar-refractivity contribution in [3.63, 3.8) is 0 Å². The summed E-state index contributed by atoms with van der Waals surface area (Å²) in [5.41, 5.74) is 1.19. The lowest BCUT2D eigenvalue weighted by molar-refractivity contribution is -0.143. The minimum absolute atomic E-state index is 0.229. The number of anilines is 3. The van der Waals surface area contributed by atoms with Crippen LogP contribution in [-0.2, 0) is 9.59 Å². The molecule has 2 aliphatic rings. The lowest BCUT2D eigenvalue weighted by Crippen LogP contribution is -2.51. The Labute approximate surface area is 164 Å². The van der Waals surface area contributed by atoms with Crippen molar-refractivity contribution in [1.82, 2.24) is 4.90 Å². The zero-order valence-electron chi connectivity index (χ0n) is 15.2. The van der Waals surface area contributed by atoms with Crippen molar-refractivity contribution in [3.8, 4) is 5.75 Å². The van der Waals surface area contributed by atoms with E-state index in [9.17, 15) is 23.5 Å². The molecule has 0 bridgehead atoms. The molecule has 0 spiro atoms. The van der Waals surface area contributed by atoms with Crippen LogP contribution in [0.5, 0.6) is 5.75 Å². The molecule has 10 heteroatoms. The number of nitrogens with zero attached hydrogens (tertiary/aromatic N) is 2. The predicted molar refractivity (Wildman–Crippen MR) is 100 cm³/mol. The molecule has 1 atom stereocenters. The SMILES string of the molecule is O=C(Nc1ccc2c(c1)OC(O)N2)C(=O)N1CCN(c2ccc(F)cc2F)CC1. The number of aliphatic hydroxyl groups excluding tert-OH is 1. The average Bonchev–Trinajstić information content (AvgIpc) is 3.07. The second-order valence-electron chi connectivity index (χ2n) is 6.65. The molecule has 1 fully saturated rings. The first-order valence-electron chi connectivity index (χ1n) is 8.96. The Hall–Kier alpha value is -3.40. The number of rotatable bonds is 2. The zero-order valence-corrected chi connectivity index (χ0v) is 15.2. The first-order valence-corrected chi connectivity index (χ1v) is 8.96. The smallest absolute Gasteiger partial charge is 0.313 e. The quantitative estimate of drug-likeness (QED) is 0.654. The molecule has 0 saturated carbocycles. The third-order valence-electron chi connectivity index (χ3n) is 4.77. The molecule has 0 radical (unpaired) electrons. The molecule has 0 aliphatic carbocycles. The molecule has 152 valence electrons. The number of nitrogens with one attached hydrogen (secondary N) is 2. The van der Waals surface area contributed by atoms with Crippen LogP contribution in [0.4, 0.5) is 25.8 Å². The number of piperazine rings is 1. The third kappa shape index (κ3) is 3.92. The van der Waals surface area contributed by atoms with E-state index < -0.39 is 29.9 Å². The van der Waals surface area contributed by atoms with Gasteiger partial charge in [-0.1, -0.05) is 0 Å². The van der Waals surface area contributed by atoms with Crippen LogP contribution in [0.15, 0.2) is 36.4 Å². The normalized spacial score (nSPS) is 18.0. The van der Waals surface area contributed by atoms with Gasteiger partial charge in [-0.15, -0.1) is 0 Å². The van der Waals surface area contributed by atoms with E-state index in [1.54, 1.807) is 17.0 Å². The highest BCUT2D eigenvalue weighted by atomic mass is 19.1. The Morgan fingerprint density at radius 3 is 2.59 bits per heavy atom. The summed E-state index contributed by atoms with van der Waals surface area (Å²) >= 11 is 0. The number of benzene rings is 2. The molecule has 8 nitrogen and oxygen atoms in total. The standard InChI is InChI=1S/C19H18F2N4O4/c20-11-1-4-15(13(21)9-11)24-5-7-25(8-6-24)18(27)17(26)22-12-2-3-14-16(10-12)29-19(28)23-14/h1-4,9-10,19,23,28H,5-8H2,(H,22,26). The molecular weight excluding hydrogens is 386 g/mol. The van der Waals surface area contributed by atoms with Crippen LogP contribution in [0, 0.1) is 11.6 Å². The van der Waals surface area contributed by atoms with Crippen molar-refractivity contribution in [2.24, 2.45) is 0 Å². The maximum absolute atomic E-state index is 13.9. The van der Waals surface area contributed by atoms with E-state index >= 15 is 0 Å². The van der Waals surface area contributed by atoms with Crippen molar-refractivity contribution >= 4 is 28.9 Å². The fourth-order valence-electron chi connectivity index (χ4n) is 3.32. The number of ether oxygens (including phenoxy) is 1. The number of fused-ring (bicyclic) bond motifs is 1. The molecule has 29 heavy (non-hydrogen) atoms. The van der Waals surface area contributed by atoms with Crippen molar-refractivity contribution in [2.45, 2.75) is 6.41 Å². The summed E-state index contributed by atoms with van der Waals surface area (Å²) in [5.74, 6) is -2.47. The van der Waals surface area contributed by atoms with Gasteiger partial charge in [0.2, 0.25) is 0 Å². The van der Waals surface area contributed by atoms with E-state index in [2.05, 4.69) is 10.6 Å². The summed E-state index contributed by atoms with van der Waals surface area (Å²) in [5, 5.41) is 14.6. The number of carbonyl (C=O) groups excluding carboxylic acids is 2. The van der Waals surface area contributed by atoms with Crippen molar-refractivity contribution in [2.75, 3.05) is 41.7 Å². The van der Waals surface area contributed by atoms with Crippen molar-refractivity contribution in [3.05, 3.63) is 48.0 Å². The van der Waals surface area contributed by atoms with Crippen molar-refractivity contribution in [1.29, 1.82) is 0 Å². The second kappa shape index (κ2) is 7.55. The van der Waals surface area contributed by atoms with E-state index in [-0.39, 0.29) is 18.8 Å². The Balaban J connectivity index is 1.35.